The Balaban J connectivity index is 2.05. The molecule has 3 aromatic rings. The van der Waals surface area contributed by atoms with Gasteiger partial charge in [-0.25, -0.2) is 14.4 Å². The smallest absolute Gasteiger partial charge is 0.141 e. The molecule has 0 spiro atoms. The maximum Gasteiger partial charge on any atom is 0.141 e. The predicted molar refractivity (Wildman–Crippen MR) is 76.9 cm³/mol. The SMILES string of the molecule is Fc1ccc2ncnc(Nc3ccc(Br)cc3)c2c1. The Bertz CT molecular complexity index is 728. The van der Waals surface area contributed by atoms with Crippen LogP contribution in [0.15, 0.2) is 53.3 Å². The van der Waals surface area contributed by atoms with E-state index in [1.165, 1.54) is 18.5 Å². The summed E-state index contributed by atoms with van der Waals surface area (Å²) in [6, 6.07) is 12.1. The van der Waals surface area contributed by atoms with Gasteiger partial charge in [0.15, 0.2) is 0 Å². The van der Waals surface area contributed by atoms with E-state index in [4.69, 9.17) is 0 Å². The molecule has 0 amide bonds. The number of hydrogen-bond donors (Lipinski definition) is 1. The van der Waals surface area contributed by atoms with Crippen LogP contribution in [0.1, 0.15) is 0 Å². The zero-order valence-corrected chi connectivity index (χ0v) is 11.4. The van der Waals surface area contributed by atoms with Crippen LogP contribution in [-0.2, 0) is 0 Å². The quantitative estimate of drug-likeness (QED) is 0.766. The van der Waals surface area contributed by atoms with Crippen LogP contribution in [0.25, 0.3) is 10.9 Å². The molecule has 0 radical (unpaired) electrons. The number of aromatic nitrogens is 2. The Morgan fingerprint density at radius 1 is 1.00 bits per heavy atom. The van der Waals surface area contributed by atoms with Gasteiger partial charge in [0.2, 0.25) is 0 Å². The molecule has 1 N–H and O–H groups in total. The first-order valence-electron chi connectivity index (χ1n) is 5.65. The molecule has 94 valence electrons. The van der Waals surface area contributed by atoms with Gasteiger partial charge in [-0.3, -0.25) is 0 Å². The molecule has 0 saturated heterocycles. The highest BCUT2D eigenvalue weighted by Gasteiger charge is 2.05. The van der Waals surface area contributed by atoms with Gasteiger partial charge in [0.25, 0.3) is 0 Å². The minimum atomic E-state index is -0.304. The van der Waals surface area contributed by atoms with E-state index in [2.05, 4.69) is 31.2 Å². The van der Waals surface area contributed by atoms with Crippen molar-refractivity contribution in [2.24, 2.45) is 0 Å². The molecule has 0 fully saturated rings. The van der Waals surface area contributed by atoms with Crippen molar-refractivity contribution in [1.29, 1.82) is 0 Å². The Hall–Kier alpha value is -2.01. The van der Waals surface area contributed by atoms with E-state index in [0.717, 1.165) is 10.2 Å². The molecule has 0 aliphatic carbocycles. The molecule has 5 heteroatoms. The third kappa shape index (κ3) is 2.56. The lowest BCUT2D eigenvalue weighted by Gasteiger charge is -2.08. The Kier molecular flexibility index (Phi) is 3.13. The fourth-order valence-corrected chi connectivity index (χ4v) is 2.06. The second-order valence-corrected chi connectivity index (χ2v) is 4.93. The summed E-state index contributed by atoms with van der Waals surface area (Å²) in [5.74, 6) is 0.285. The lowest BCUT2D eigenvalue weighted by atomic mass is 10.2. The average molecular weight is 318 g/mol. The van der Waals surface area contributed by atoms with Crippen LogP contribution in [-0.4, -0.2) is 9.97 Å². The third-order valence-electron chi connectivity index (χ3n) is 2.70. The molecule has 2 aromatic carbocycles. The molecule has 3 rings (SSSR count). The van der Waals surface area contributed by atoms with Crippen molar-refractivity contribution in [1.82, 2.24) is 9.97 Å². The first-order valence-corrected chi connectivity index (χ1v) is 6.44. The van der Waals surface area contributed by atoms with Crippen molar-refractivity contribution >= 4 is 38.3 Å². The zero-order valence-electron chi connectivity index (χ0n) is 9.77. The molecule has 0 bridgehead atoms. The summed E-state index contributed by atoms with van der Waals surface area (Å²) in [4.78, 5) is 8.28. The van der Waals surface area contributed by atoms with Crippen molar-refractivity contribution in [3.05, 3.63) is 59.1 Å². The minimum absolute atomic E-state index is 0.304. The molecular weight excluding hydrogens is 309 g/mol. The Labute approximate surface area is 117 Å². The number of benzene rings is 2. The lowest BCUT2D eigenvalue weighted by Crippen LogP contribution is -1.96. The van der Waals surface area contributed by atoms with Crippen molar-refractivity contribution in [2.45, 2.75) is 0 Å². The summed E-state index contributed by atoms with van der Waals surface area (Å²) in [5, 5.41) is 3.82. The van der Waals surface area contributed by atoms with Crippen molar-refractivity contribution in [3.63, 3.8) is 0 Å². The van der Waals surface area contributed by atoms with Crippen LogP contribution in [0, 0.1) is 5.82 Å². The number of nitrogens with one attached hydrogen (secondary N) is 1. The first-order chi connectivity index (χ1) is 9.22. The molecular formula is C14H9BrFN3. The van der Waals surface area contributed by atoms with E-state index in [9.17, 15) is 4.39 Å². The summed E-state index contributed by atoms with van der Waals surface area (Å²) < 4.78 is 14.3. The topological polar surface area (TPSA) is 37.8 Å². The molecule has 0 atom stereocenters. The maximum atomic E-state index is 13.3. The number of hydrogen-bond acceptors (Lipinski definition) is 3. The monoisotopic (exact) mass is 317 g/mol. The van der Waals surface area contributed by atoms with Crippen LogP contribution in [0.3, 0.4) is 0 Å². The summed E-state index contributed by atoms with van der Waals surface area (Å²) >= 11 is 3.38. The van der Waals surface area contributed by atoms with E-state index in [1.54, 1.807) is 6.07 Å². The highest BCUT2D eigenvalue weighted by atomic mass is 79.9. The van der Waals surface area contributed by atoms with Crippen LogP contribution in [0.4, 0.5) is 15.9 Å². The van der Waals surface area contributed by atoms with E-state index in [1.807, 2.05) is 24.3 Å². The lowest BCUT2D eigenvalue weighted by molar-refractivity contribution is 0.629. The van der Waals surface area contributed by atoms with Gasteiger partial charge in [-0.15, -0.1) is 0 Å². The summed E-state index contributed by atoms with van der Waals surface area (Å²) in [6.45, 7) is 0. The molecule has 19 heavy (non-hydrogen) atoms. The summed E-state index contributed by atoms with van der Waals surface area (Å²) in [7, 11) is 0. The first kappa shape index (κ1) is 12.0. The van der Waals surface area contributed by atoms with Gasteiger partial charge < -0.3 is 5.32 Å². The van der Waals surface area contributed by atoms with Gasteiger partial charge in [0.05, 0.1) is 5.52 Å². The molecule has 0 aliphatic heterocycles. The van der Waals surface area contributed by atoms with Gasteiger partial charge in [0, 0.05) is 15.5 Å². The predicted octanol–water partition coefficient (Wildman–Crippen LogP) is 4.28. The number of rotatable bonds is 2. The van der Waals surface area contributed by atoms with Crippen molar-refractivity contribution in [3.8, 4) is 0 Å². The molecule has 1 aromatic heterocycles. The van der Waals surface area contributed by atoms with Crippen molar-refractivity contribution < 1.29 is 4.39 Å². The van der Waals surface area contributed by atoms with Gasteiger partial charge in [0.1, 0.15) is 18.0 Å². The number of nitrogens with zero attached hydrogens (tertiary/aromatic N) is 2. The van der Waals surface area contributed by atoms with E-state index in [-0.39, 0.29) is 5.82 Å². The minimum Gasteiger partial charge on any atom is -0.340 e. The summed E-state index contributed by atoms with van der Waals surface area (Å²) in [5.41, 5.74) is 1.59. The number of fused-ring (bicyclic) bond motifs is 1. The van der Waals surface area contributed by atoms with Gasteiger partial charge in [-0.05, 0) is 42.5 Å². The number of halogens is 2. The highest BCUT2D eigenvalue weighted by Crippen LogP contribution is 2.24. The van der Waals surface area contributed by atoms with E-state index < -0.39 is 0 Å². The van der Waals surface area contributed by atoms with Crippen LogP contribution in [0.2, 0.25) is 0 Å². The average Bonchev–Trinajstić information content (AvgIpc) is 2.42. The molecule has 3 nitrogen and oxygen atoms in total. The molecule has 0 saturated carbocycles. The van der Waals surface area contributed by atoms with Crippen molar-refractivity contribution in [2.75, 3.05) is 5.32 Å². The highest BCUT2D eigenvalue weighted by molar-refractivity contribution is 9.10. The van der Waals surface area contributed by atoms with E-state index >= 15 is 0 Å². The second-order valence-electron chi connectivity index (χ2n) is 4.02. The third-order valence-corrected chi connectivity index (χ3v) is 3.23. The molecule has 1 heterocycles. The van der Waals surface area contributed by atoms with Gasteiger partial charge >= 0.3 is 0 Å². The largest absolute Gasteiger partial charge is 0.340 e. The fraction of sp³-hybridized carbons (Fsp3) is 0. The van der Waals surface area contributed by atoms with Gasteiger partial charge in [-0.2, -0.15) is 0 Å². The fourth-order valence-electron chi connectivity index (χ4n) is 1.80. The van der Waals surface area contributed by atoms with Crippen LogP contribution >= 0.6 is 15.9 Å². The van der Waals surface area contributed by atoms with E-state index in [0.29, 0.717) is 16.7 Å². The standard InChI is InChI=1S/C14H9BrFN3/c15-9-1-4-11(5-2-9)19-14-12-7-10(16)3-6-13(12)17-8-18-14/h1-8H,(H,17,18,19). The second kappa shape index (κ2) is 4.93. The van der Waals surface area contributed by atoms with Crippen LogP contribution < -0.4 is 5.32 Å². The molecule has 0 unspecified atom stereocenters. The van der Waals surface area contributed by atoms with Gasteiger partial charge in [-0.1, -0.05) is 15.9 Å². The Morgan fingerprint density at radius 3 is 2.58 bits per heavy atom. The Morgan fingerprint density at radius 2 is 1.79 bits per heavy atom. The molecule has 0 aliphatic rings. The number of anilines is 2. The zero-order chi connectivity index (χ0) is 13.2. The normalized spacial score (nSPS) is 10.6. The maximum absolute atomic E-state index is 13.3. The van der Waals surface area contributed by atoms with Crippen LogP contribution in [0.5, 0.6) is 0 Å². The summed E-state index contributed by atoms with van der Waals surface area (Å²) in [6.07, 6.45) is 1.46.